The van der Waals surface area contributed by atoms with Crippen LogP contribution in [0.4, 0.5) is 4.39 Å². The van der Waals surface area contributed by atoms with Gasteiger partial charge in [-0.15, -0.1) is 0 Å². The number of rotatable bonds is 1. The van der Waals surface area contributed by atoms with E-state index in [-0.39, 0.29) is 18.1 Å². The Labute approximate surface area is 188 Å². The zero-order valence-electron chi connectivity index (χ0n) is 17.5. The number of carbonyl (C=O) groups excluding carboxylic acids is 1. The molecule has 2 aliphatic heterocycles. The van der Waals surface area contributed by atoms with E-state index in [0.717, 1.165) is 16.7 Å². The molecule has 1 N–H and O–H groups in total. The molecule has 0 bridgehead atoms. The van der Waals surface area contributed by atoms with Crippen molar-refractivity contribution >= 4 is 18.1 Å². The van der Waals surface area contributed by atoms with Crippen molar-refractivity contribution in [2.24, 2.45) is 0 Å². The van der Waals surface area contributed by atoms with E-state index in [1.807, 2.05) is 41.4 Å². The van der Waals surface area contributed by atoms with Gasteiger partial charge in [-0.25, -0.2) is 4.39 Å². The second kappa shape index (κ2) is 7.31. The minimum Gasteiger partial charge on any atom is -0.502 e. The monoisotopic (exact) mass is 445 g/mol. The fraction of sp³-hybridized carbons (Fsp3) is 0.200. The average Bonchev–Trinajstić information content (AvgIpc) is 2.98. The van der Waals surface area contributed by atoms with Crippen molar-refractivity contribution < 1.29 is 19.0 Å². The number of amides is 1. The number of fused-ring (bicyclic) bond motifs is 4. The normalized spacial score (nSPS) is 21.1. The van der Waals surface area contributed by atoms with E-state index in [0.29, 0.717) is 18.7 Å². The summed E-state index contributed by atoms with van der Waals surface area (Å²) < 4.78 is 21.5. The van der Waals surface area contributed by atoms with Gasteiger partial charge in [0.25, 0.3) is 5.91 Å². The summed E-state index contributed by atoms with van der Waals surface area (Å²) in [7, 11) is 0. The fourth-order valence-corrected chi connectivity index (χ4v) is 5.01. The molecule has 1 fully saturated rings. The van der Waals surface area contributed by atoms with Crippen LogP contribution in [-0.2, 0) is 4.74 Å². The van der Waals surface area contributed by atoms with Crippen molar-refractivity contribution in [3.8, 4) is 5.75 Å². The highest BCUT2D eigenvalue weighted by molar-refractivity contribution is 5.96. The van der Waals surface area contributed by atoms with Crippen LogP contribution < -0.4 is 10.4 Å². The van der Waals surface area contributed by atoms with Gasteiger partial charge in [0.2, 0.25) is 5.43 Å². The Bertz CT molecular complexity index is 1380. The Morgan fingerprint density at radius 3 is 2.67 bits per heavy atom. The van der Waals surface area contributed by atoms with Gasteiger partial charge in [0.15, 0.2) is 11.4 Å². The Kier molecular flexibility index (Phi) is 4.38. The highest BCUT2D eigenvalue weighted by Crippen LogP contribution is 2.40. The lowest BCUT2D eigenvalue weighted by atomic mass is 9.92. The smallest absolute Gasteiger partial charge is 0.278 e. The quantitative estimate of drug-likeness (QED) is 0.624. The molecule has 3 heterocycles. The molecule has 0 spiro atoms. The van der Waals surface area contributed by atoms with E-state index in [1.165, 1.54) is 24.4 Å². The number of nitrogens with zero attached hydrogens (tertiary/aromatic N) is 3. The third kappa shape index (κ3) is 2.91. The van der Waals surface area contributed by atoms with E-state index in [4.69, 9.17) is 4.74 Å². The minimum absolute atomic E-state index is 0.0843. The Morgan fingerprint density at radius 1 is 1.00 bits per heavy atom. The van der Waals surface area contributed by atoms with Crippen molar-refractivity contribution in [3.05, 3.63) is 98.7 Å². The molecule has 6 rings (SSSR count). The Balaban J connectivity index is 1.67. The first-order chi connectivity index (χ1) is 16.0. The summed E-state index contributed by atoms with van der Waals surface area (Å²) in [4.78, 5) is 27.2. The van der Waals surface area contributed by atoms with E-state index in [9.17, 15) is 19.1 Å². The molecule has 1 saturated heterocycles. The molecule has 166 valence electrons. The Morgan fingerprint density at radius 2 is 1.79 bits per heavy atom. The van der Waals surface area contributed by atoms with Gasteiger partial charge in [-0.2, -0.15) is 0 Å². The number of halogens is 1. The molecule has 0 radical (unpaired) electrons. The molecule has 0 saturated carbocycles. The largest absolute Gasteiger partial charge is 0.502 e. The van der Waals surface area contributed by atoms with Crippen LogP contribution in [0.1, 0.15) is 38.8 Å². The van der Waals surface area contributed by atoms with Crippen LogP contribution in [0.5, 0.6) is 5.75 Å². The number of hydrogen-bond donors (Lipinski definition) is 1. The lowest BCUT2D eigenvalue weighted by Crippen LogP contribution is -2.66. The molecule has 8 heteroatoms. The second-order valence-corrected chi connectivity index (χ2v) is 8.29. The van der Waals surface area contributed by atoms with Gasteiger partial charge in [-0.3, -0.25) is 19.3 Å². The summed E-state index contributed by atoms with van der Waals surface area (Å²) in [6, 6.07) is 13.3. The Hall–Kier alpha value is -3.91. The van der Waals surface area contributed by atoms with Crippen molar-refractivity contribution in [1.29, 1.82) is 0 Å². The van der Waals surface area contributed by atoms with Gasteiger partial charge in [-0.1, -0.05) is 42.5 Å². The van der Waals surface area contributed by atoms with Gasteiger partial charge in [-0.05, 0) is 34.4 Å². The fourth-order valence-electron chi connectivity index (χ4n) is 5.01. The predicted octanol–water partition coefficient (Wildman–Crippen LogP) is 2.72. The van der Waals surface area contributed by atoms with E-state index in [1.54, 1.807) is 15.6 Å². The first-order valence-electron chi connectivity index (χ1n) is 10.7. The molecule has 1 aromatic heterocycles. The number of pyridine rings is 1. The number of benzene rings is 2. The van der Waals surface area contributed by atoms with Crippen LogP contribution in [0, 0.1) is 5.82 Å². The highest BCUT2D eigenvalue weighted by atomic mass is 19.1. The van der Waals surface area contributed by atoms with Gasteiger partial charge < -0.3 is 14.7 Å². The SMILES string of the molecule is O=C1c2c(O)c(=O)ccn2N(C2c3ccccc3C=Cc3cc(F)ccc32)[C@@H]2COCCN12. The van der Waals surface area contributed by atoms with E-state index < -0.39 is 29.3 Å². The molecular weight excluding hydrogens is 425 g/mol. The maximum absolute atomic E-state index is 14.2. The van der Waals surface area contributed by atoms with Crippen LogP contribution in [0.25, 0.3) is 12.2 Å². The summed E-state index contributed by atoms with van der Waals surface area (Å²) in [5.74, 6) is -1.35. The zero-order chi connectivity index (χ0) is 22.7. The van der Waals surface area contributed by atoms with Crippen LogP contribution in [0.15, 0.2) is 59.5 Å². The number of morpholine rings is 1. The zero-order valence-corrected chi connectivity index (χ0v) is 17.5. The van der Waals surface area contributed by atoms with Crippen molar-refractivity contribution in [1.82, 2.24) is 9.58 Å². The molecule has 2 aromatic carbocycles. The maximum atomic E-state index is 14.2. The molecule has 1 aliphatic carbocycles. The number of aromatic nitrogens is 1. The molecule has 1 amide bonds. The minimum atomic E-state index is -0.619. The molecule has 7 nitrogen and oxygen atoms in total. The second-order valence-electron chi connectivity index (χ2n) is 8.29. The van der Waals surface area contributed by atoms with Gasteiger partial charge in [0.05, 0.1) is 19.3 Å². The third-order valence-electron chi connectivity index (χ3n) is 6.52. The van der Waals surface area contributed by atoms with Gasteiger partial charge in [0.1, 0.15) is 12.0 Å². The standard InChI is InChI=1S/C25H20FN3O4/c26-17-7-8-19-16(13-17)6-5-15-3-1-2-4-18(15)22(19)29-21-14-33-12-11-27(21)25(32)23-24(31)20(30)9-10-28(23)29/h1-10,13,21-22,31H,11-12,14H2/t21-,22?/m1/s1. The first-order valence-corrected chi connectivity index (χ1v) is 10.7. The highest BCUT2D eigenvalue weighted by Gasteiger charge is 2.45. The molecule has 33 heavy (non-hydrogen) atoms. The summed E-state index contributed by atoms with van der Waals surface area (Å²) in [6.45, 7) is 0.935. The summed E-state index contributed by atoms with van der Waals surface area (Å²) in [5.41, 5.74) is 2.74. The lowest BCUT2D eigenvalue weighted by Gasteiger charge is -2.51. The maximum Gasteiger partial charge on any atom is 0.278 e. The van der Waals surface area contributed by atoms with Crippen molar-refractivity contribution in [2.75, 3.05) is 24.8 Å². The number of carbonyl (C=O) groups is 1. The predicted molar refractivity (Wildman–Crippen MR) is 120 cm³/mol. The van der Waals surface area contributed by atoms with E-state index >= 15 is 0 Å². The van der Waals surface area contributed by atoms with Crippen LogP contribution in [-0.4, -0.2) is 46.5 Å². The van der Waals surface area contributed by atoms with Crippen LogP contribution in [0.3, 0.4) is 0 Å². The third-order valence-corrected chi connectivity index (χ3v) is 6.52. The van der Waals surface area contributed by atoms with Gasteiger partial charge in [0, 0.05) is 18.8 Å². The first kappa shape index (κ1) is 19.8. The summed E-state index contributed by atoms with van der Waals surface area (Å²) >= 11 is 0. The van der Waals surface area contributed by atoms with Crippen molar-refractivity contribution in [3.63, 3.8) is 0 Å². The van der Waals surface area contributed by atoms with Crippen LogP contribution >= 0.6 is 0 Å². The number of hydrogen-bond acceptors (Lipinski definition) is 5. The summed E-state index contributed by atoms with van der Waals surface area (Å²) in [6.07, 6.45) is 4.84. The van der Waals surface area contributed by atoms with E-state index in [2.05, 4.69) is 0 Å². The molecule has 2 atom stereocenters. The van der Waals surface area contributed by atoms with Crippen molar-refractivity contribution in [2.45, 2.75) is 12.2 Å². The summed E-state index contributed by atoms with van der Waals surface area (Å²) in [5, 5.41) is 12.5. The number of aromatic hydroxyl groups is 1. The average molecular weight is 445 g/mol. The van der Waals surface area contributed by atoms with Crippen LogP contribution in [0.2, 0.25) is 0 Å². The molecular formula is C25H20FN3O4. The lowest BCUT2D eigenvalue weighted by molar-refractivity contribution is -0.0197. The van der Waals surface area contributed by atoms with Gasteiger partial charge >= 0.3 is 0 Å². The molecule has 1 unspecified atom stereocenters. The molecule has 3 aromatic rings. The molecule has 3 aliphatic rings. The topological polar surface area (TPSA) is 75.0 Å². The number of ether oxygens (including phenoxy) is 1.